The van der Waals surface area contributed by atoms with Gasteiger partial charge in [-0.25, -0.2) is 4.79 Å². The van der Waals surface area contributed by atoms with E-state index >= 15 is 0 Å². The Balaban J connectivity index is 2.19. The van der Waals surface area contributed by atoms with Gasteiger partial charge in [0.25, 0.3) is 0 Å². The first-order chi connectivity index (χ1) is 10.2. The third-order valence-corrected chi connectivity index (χ3v) is 4.26. The minimum absolute atomic E-state index is 0.290. The van der Waals surface area contributed by atoms with E-state index in [2.05, 4.69) is 22.9 Å². The first-order valence-electron chi connectivity index (χ1n) is 7.31. The van der Waals surface area contributed by atoms with Crippen LogP contribution in [0.4, 0.5) is 4.79 Å². The second-order valence-corrected chi connectivity index (χ2v) is 5.69. The van der Waals surface area contributed by atoms with Gasteiger partial charge in [-0.15, -0.1) is 0 Å². The highest BCUT2D eigenvalue weighted by atomic mass is 79.9. The highest BCUT2D eigenvalue weighted by Crippen LogP contribution is 2.33. The topological polar surface area (TPSA) is 29.5 Å². The molecule has 0 atom stereocenters. The van der Waals surface area contributed by atoms with Gasteiger partial charge in [0.1, 0.15) is 5.75 Å². The number of unbranched alkanes of at least 4 members (excludes halogenated alkanes) is 1. The number of benzene rings is 2. The fourth-order valence-electron chi connectivity index (χ4n) is 2.18. The van der Waals surface area contributed by atoms with E-state index in [0.29, 0.717) is 12.3 Å². The van der Waals surface area contributed by atoms with Gasteiger partial charge in [-0.05, 0) is 46.1 Å². The van der Waals surface area contributed by atoms with Crippen molar-refractivity contribution < 1.29 is 9.53 Å². The molecule has 0 aliphatic carbocycles. The molecule has 0 heterocycles. The number of hydrogen-bond acceptors (Lipinski definition) is 2. The Morgan fingerprint density at radius 3 is 2.67 bits per heavy atom. The van der Waals surface area contributed by atoms with Crippen LogP contribution in [0.1, 0.15) is 26.7 Å². The summed E-state index contributed by atoms with van der Waals surface area (Å²) in [5.41, 5.74) is 0. The van der Waals surface area contributed by atoms with E-state index in [0.717, 1.165) is 34.6 Å². The molecule has 0 radical (unpaired) electrons. The molecule has 0 spiro atoms. The number of rotatable bonds is 5. The van der Waals surface area contributed by atoms with Crippen molar-refractivity contribution in [3.8, 4) is 5.75 Å². The third kappa shape index (κ3) is 3.76. The molecule has 2 aromatic rings. The normalized spacial score (nSPS) is 10.6. The second kappa shape index (κ2) is 7.46. The van der Waals surface area contributed by atoms with Gasteiger partial charge in [-0.2, -0.15) is 0 Å². The molecule has 3 nitrogen and oxygen atoms in total. The van der Waals surface area contributed by atoms with Crippen molar-refractivity contribution >= 4 is 32.8 Å². The molecule has 0 unspecified atom stereocenters. The molecule has 0 saturated carbocycles. The molecular formula is C17H20BrNO2. The summed E-state index contributed by atoms with van der Waals surface area (Å²) in [5.74, 6) is 0.564. The number of amides is 1. The second-order valence-electron chi connectivity index (χ2n) is 4.90. The van der Waals surface area contributed by atoms with Crippen LogP contribution < -0.4 is 4.74 Å². The fourth-order valence-corrected chi connectivity index (χ4v) is 2.75. The number of nitrogens with zero attached hydrogens (tertiary/aromatic N) is 1. The van der Waals surface area contributed by atoms with E-state index in [1.54, 1.807) is 4.90 Å². The lowest BCUT2D eigenvalue weighted by Gasteiger charge is -2.20. The summed E-state index contributed by atoms with van der Waals surface area (Å²) in [6.07, 6.45) is 1.76. The highest BCUT2D eigenvalue weighted by Gasteiger charge is 2.16. The maximum atomic E-state index is 12.2. The summed E-state index contributed by atoms with van der Waals surface area (Å²) in [4.78, 5) is 13.9. The van der Waals surface area contributed by atoms with Gasteiger partial charge in [0, 0.05) is 13.1 Å². The molecule has 0 fully saturated rings. The summed E-state index contributed by atoms with van der Waals surface area (Å²) in [7, 11) is 0. The lowest BCUT2D eigenvalue weighted by molar-refractivity contribution is 0.154. The number of hydrogen-bond donors (Lipinski definition) is 0. The number of carbonyl (C=O) groups is 1. The zero-order valence-corrected chi connectivity index (χ0v) is 14.0. The monoisotopic (exact) mass is 349 g/mol. The van der Waals surface area contributed by atoms with Crippen LogP contribution in [0.15, 0.2) is 40.9 Å². The van der Waals surface area contributed by atoms with Gasteiger partial charge >= 0.3 is 6.09 Å². The largest absolute Gasteiger partial charge is 0.415 e. The molecular weight excluding hydrogens is 330 g/mol. The molecule has 0 aromatic heterocycles. The van der Waals surface area contributed by atoms with Crippen LogP contribution in [0.5, 0.6) is 5.75 Å². The Kier molecular flexibility index (Phi) is 5.62. The molecule has 4 heteroatoms. The third-order valence-electron chi connectivity index (χ3n) is 3.45. The Bertz CT molecular complexity index is 627. The van der Waals surface area contributed by atoms with Crippen LogP contribution in [-0.2, 0) is 0 Å². The molecule has 0 bridgehead atoms. The first-order valence-corrected chi connectivity index (χ1v) is 8.10. The first kappa shape index (κ1) is 15.8. The summed E-state index contributed by atoms with van der Waals surface area (Å²) < 4.78 is 6.36. The molecule has 0 aliphatic heterocycles. The molecule has 0 aliphatic rings. The minimum Gasteiger partial charge on any atom is -0.409 e. The summed E-state index contributed by atoms with van der Waals surface area (Å²) in [5, 5.41) is 2.15. The summed E-state index contributed by atoms with van der Waals surface area (Å²) in [6, 6.07) is 11.8. The number of carbonyl (C=O) groups excluding carboxylic acids is 1. The quantitative estimate of drug-likeness (QED) is 0.740. The maximum absolute atomic E-state index is 12.2. The average molecular weight is 350 g/mol. The van der Waals surface area contributed by atoms with Gasteiger partial charge in [0.2, 0.25) is 0 Å². The maximum Gasteiger partial charge on any atom is 0.415 e. The SMILES string of the molecule is CCCCN(CC)C(=O)Oc1ccc2ccccc2c1Br. The van der Waals surface area contributed by atoms with Crippen molar-refractivity contribution in [3.05, 3.63) is 40.9 Å². The van der Waals surface area contributed by atoms with E-state index in [1.165, 1.54) is 0 Å². The van der Waals surface area contributed by atoms with E-state index in [4.69, 9.17) is 4.74 Å². The van der Waals surface area contributed by atoms with Crippen LogP contribution in [0.25, 0.3) is 10.8 Å². The van der Waals surface area contributed by atoms with Crippen molar-refractivity contribution in [2.45, 2.75) is 26.7 Å². The van der Waals surface area contributed by atoms with Gasteiger partial charge in [0.05, 0.1) is 4.47 Å². The number of ether oxygens (including phenoxy) is 1. The molecule has 1 amide bonds. The standard InChI is InChI=1S/C17H20BrNO2/c1-3-5-12-19(4-2)17(20)21-15-11-10-13-8-6-7-9-14(13)16(15)18/h6-11H,3-5,12H2,1-2H3. The summed E-state index contributed by atoms with van der Waals surface area (Å²) >= 11 is 3.54. The lowest BCUT2D eigenvalue weighted by Crippen LogP contribution is -2.34. The van der Waals surface area contributed by atoms with Crippen LogP contribution >= 0.6 is 15.9 Å². The Hall–Kier alpha value is -1.55. The zero-order valence-electron chi connectivity index (χ0n) is 12.4. The highest BCUT2D eigenvalue weighted by molar-refractivity contribution is 9.10. The molecule has 21 heavy (non-hydrogen) atoms. The zero-order chi connectivity index (χ0) is 15.2. The molecule has 2 rings (SSSR count). The Labute approximate surface area is 134 Å². The van der Waals surface area contributed by atoms with E-state index in [1.807, 2.05) is 43.3 Å². The smallest absolute Gasteiger partial charge is 0.409 e. The van der Waals surface area contributed by atoms with E-state index < -0.39 is 0 Å². The summed E-state index contributed by atoms with van der Waals surface area (Å²) in [6.45, 7) is 5.46. The van der Waals surface area contributed by atoms with Crippen molar-refractivity contribution in [2.75, 3.05) is 13.1 Å². The van der Waals surface area contributed by atoms with Gasteiger partial charge in [-0.3, -0.25) is 0 Å². The van der Waals surface area contributed by atoms with Crippen molar-refractivity contribution in [1.29, 1.82) is 0 Å². The molecule has 0 saturated heterocycles. The average Bonchev–Trinajstić information content (AvgIpc) is 2.51. The van der Waals surface area contributed by atoms with Crippen LogP contribution in [-0.4, -0.2) is 24.1 Å². The predicted octanol–water partition coefficient (Wildman–Crippen LogP) is 5.22. The van der Waals surface area contributed by atoms with Crippen molar-refractivity contribution in [2.24, 2.45) is 0 Å². The number of fused-ring (bicyclic) bond motifs is 1. The fraction of sp³-hybridized carbons (Fsp3) is 0.353. The van der Waals surface area contributed by atoms with E-state index in [9.17, 15) is 4.79 Å². The lowest BCUT2D eigenvalue weighted by atomic mass is 10.1. The van der Waals surface area contributed by atoms with Crippen molar-refractivity contribution in [3.63, 3.8) is 0 Å². The van der Waals surface area contributed by atoms with Gasteiger partial charge in [0.15, 0.2) is 0 Å². The van der Waals surface area contributed by atoms with Crippen LogP contribution in [0.2, 0.25) is 0 Å². The predicted molar refractivity (Wildman–Crippen MR) is 89.8 cm³/mol. The van der Waals surface area contributed by atoms with Gasteiger partial charge < -0.3 is 9.64 Å². The Morgan fingerprint density at radius 2 is 1.95 bits per heavy atom. The number of halogens is 1. The molecule has 2 aromatic carbocycles. The van der Waals surface area contributed by atoms with E-state index in [-0.39, 0.29) is 6.09 Å². The molecule has 0 N–H and O–H groups in total. The minimum atomic E-state index is -0.290. The van der Waals surface area contributed by atoms with Crippen molar-refractivity contribution in [1.82, 2.24) is 4.90 Å². The van der Waals surface area contributed by atoms with Gasteiger partial charge in [-0.1, -0.05) is 43.7 Å². The van der Waals surface area contributed by atoms with Crippen LogP contribution in [0, 0.1) is 0 Å². The Morgan fingerprint density at radius 1 is 1.19 bits per heavy atom. The van der Waals surface area contributed by atoms with Crippen LogP contribution in [0.3, 0.4) is 0 Å². The molecule has 112 valence electrons.